The first-order valence-electron chi connectivity index (χ1n) is 10.8. The highest BCUT2D eigenvalue weighted by molar-refractivity contribution is 7.19. The summed E-state index contributed by atoms with van der Waals surface area (Å²) in [5.41, 5.74) is 11.1. The number of anilines is 1. The second-order valence-electron chi connectivity index (χ2n) is 9.13. The lowest BCUT2D eigenvalue weighted by Gasteiger charge is -2.29. The van der Waals surface area contributed by atoms with Crippen molar-refractivity contribution in [2.24, 2.45) is 0 Å². The van der Waals surface area contributed by atoms with Gasteiger partial charge in [0.2, 0.25) is 0 Å². The van der Waals surface area contributed by atoms with Crippen molar-refractivity contribution in [3.05, 3.63) is 46.0 Å². The number of esters is 1. The SMILES string of the molecule is COC(=O)[C@@H](OC(C)(C)C)c1c(C)nc2sc3c(c2c1-c1ccc(N)cc1)CCCC3. The lowest BCUT2D eigenvalue weighted by Crippen LogP contribution is -2.29. The largest absolute Gasteiger partial charge is 0.467 e. The highest BCUT2D eigenvalue weighted by Gasteiger charge is 2.34. The summed E-state index contributed by atoms with van der Waals surface area (Å²) in [6.45, 7) is 7.79. The van der Waals surface area contributed by atoms with Gasteiger partial charge in [0.15, 0.2) is 6.10 Å². The Kier molecular flexibility index (Phi) is 5.79. The zero-order valence-corrected chi connectivity index (χ0v) is 19.7. The average Bonchev–Trinajstić information content (AvgIpc) is 3.08. The Morgan fingerprint density at radius 3 is 2.48 bits per heavy atom. The number of rotatable bonds is 4. The number of methoxy groups -OCH3 is 1. The van der Waals surface area contributed by atoms with Crippen LogP contribution in [0.2, 0.25) is 0 Å². The molecule has 0 saturated heterocycles. The maximum absolute atomic E-state index is 13.0. The Balaban J connectivity index is 2.08. The van der Waals surface area contributed by atoms with Gasteiger partial charge in [0.1, 0.15) is 4.83 Å². The average molecular weight is 439 g/mol. The summed E-state index contributed by atoms with van der Waals surface area (Å²) >= 11 is 1.78. The Morgan fingerprint density at radius 1 is 1.16 bits per heavy atom. The van der Waals surface area contributed by atoms with Crippen LogP contribution in [0.25, 0.3) is 21.3 Å². The van der Waals surface area contributed by atoms with Crippen LogP contribution in [0, 0.1) is 6.92 Å². The summed E-state index contributed by atoms with van der Waals surface area (Å²) in [6.07, 6.45) is 3.63. The van der Waals surface area contributed by atoms with E-state index in [0.29, 0.717) is 5.69 Å². The first kappa shape index (κ1) is 21.8. The fraction of sp³-hybridized carbons (Fsp3) is 0.440. The summed E-state index contributed by atoms with van der Waals surface area (Å²) in [4.78, 5) is 20.3. The first-order chi connectivity index (χ1) is 14.7. The molecule has 1 aromatic carbocycles. The molecule has 0 unspecified atom stereocenters. The molecule has 1 atom stereocenters. The van der Waals surface area contributed by atoms with Gasteiger partial charge in [-0.15, -0.1) is 11.3 Å². The molecule has 0 saturated carbocycles. The molecule has 5 nitrogen and oxygen atoms in total. The van der Waals surface area contributed by atoms with E-state index >= 15 is 0 Å². The van der Waals surface area contributed by atoms with Crippen LogP contribution in [0.15, 0.2) is 24.3 Å². The van der Waals surface area contributed by atoms with Crippen LogP contribution >= 0.6 is 11.3 Å². The Hall–Kier alpha value is -2.44. The molecule has 0 spiro atoms. The van der Waals surface area contributed by atoms with Gasteiger partial charge in [-0.2, -0.15) is 0 Å². The Morgan fingerprint density at radius 2 is 1.84 bits per heavy atom. The van der Waals surface area contributed by atoms with Gasteiger partial charge >= 0.3 is 5.97 Å². The van der Waals surface area contributed by atoms with E-state index in [1.54, 1.807) is 11.3 Å². The third-order valence-corrected chi connectivity index (χ3v) is 6.86. The van der Waals surface area contributed by atoms with Crippen molar-refractivity contribution in [3.8, 4) is 11.1 Å². The quantitative estimate of drug-likeness (QED) is 0.414. The molecule has 1 aliphatic carbocycles. The van der Waals surface area contributed by atoms with Crippen LogP contribution in [-0.2, 0) is 27.1 Å². The highest BCUT2D eigenvalue weighted by atomic mass is 32.1. The van der Waals surface area contributed by atoms with Crippen molar-refractivity contribution >= 4 is 33.2 Å². The smallest absolute Gasteiger partial charge is 0.339 e. The molecule has 1 aliphatic rings. The predicted octanol–water partition coefficient (Wildman–Crippen LogP) is 5.76. The molecule has 164 valence electrons. The second kappa shape index (κ2) is 8.24. The summed E-state index contributed by atoms with van der Waals surface area (Å²) in [5.74, 6) is -0.417. The molecule has 2 heterocycles. The minimum absolute atomic E-state index is 0.417. The molecule has 31 heavy (non-hydrogen) atoms. The maximum atomic E-state index is 13.0. The molecule has 6 heteroatoms. The van der Waals surface area contributed by atoms with Crippen molar-refractivity contribution in [1.29, 1.82) is 0 Å². The maximum Gasteiger partial charge on any atom is 0.339 e. The van der Waals surface area contributed by atoms with Crippen molar-refractivity contribution in [3.63, 3.8) is 0 Å². The van der Waals surface area contributed by atoms with Gasteiger partial charge in [-0.25, -0.2) is 9.78 Å². The number of ether oxygens (including phenoxy) is 2. The molecular weight excluding hydrogens is 408 g/mol. The number of aryl methyl sites for hydroxylation is 3. The van der Waals surface area contributed by atoms with Crippen LogP contribution in [0.4, 0.5) is 5.69 Å². The monoisotopic (exact) mass is 438 g/mol. The molecule has 3 aromatic rings. The molecule has 2 aromatic heterocycles. The van der Waals surface area contributed by atoms with Gasteiger partial charge in [-0.1, -0.05) is 12.1 Å². The van der Waals surface area contributed by atoms with Crippen molar-refractivity contribution in [2.45, 2.75) is 65.1 Å². The second-order valence-corrected chi connectivity index (χ2v) is 10.2. The van der Waals surface area contributed by atoms with E-state index in [1.165, 1.54) is 30.4 Å². The number of nitrogens with zero attached hydrogens (tertiary/aromatic N) is 1. The van der Waals surface area contributed by atoms with Gasteiger partial charge in [0, 0.05) is 32.8 Å². The van der Waals surface area contributed by atoms with E-state index in [1.807, 2.05) is 52.0 Å². The normalized spacial score (nSPS) is 15.0. The summed E-state index contributed by atoms with van der Waals surface area (Å²) in [6, 6.07) is 7.84. The number of carbonyl (C=O) groups is 1. The van der Waals surface area contributed by atoms with Crippen LogP contribution < -0.4 is 5.73 Å². The van der Waals surface area contributed by atoms with E-state index in [9.17, 15) is 4.79 Å². The van der Waals surface area contributed by atoms with Crippen LogP contribution in [0.1, 0.15) is 61.4 Å². The summed E-state index contributed by atoms with van der Waals surface area (Å²) < 4.78 is 11.5. The fourth-order valence-electron chi connectivity index (χ4n) is 4.37. The Labute approximate surface area is 187 Å². The van der Waals surface area contributed by atoms with E-state index < -0.39 is 17.7 Å². The van der Waals surface area contributed by atoms with E-state index in [0.717, 1.165) is 45.4 Å². The number of hydrogen-bond donors (Lipinski definition) is 1. The number of nitrogen functional groups attached to an aromatic ring is 1. The predicted molar refractivity (Wildman–Crippen MR) is 126 cm³/mol. The number of aromatic nitrogens is 1. The van der Waals surface area contributed by atoms with Crippen molar-refractivity contribution < 1.29 is 14.3 Å². The van der Waals surface area contributed by atoms with Crippen molar-refractivity contribution in [1.82, 2.24) is 4.98 Å². The van der Waals surface area contributed by atoms with Gasteiger partial charge in [0.25, 0.3) is 0 Å². The number of hydrogen-bond acceptors (Lipinski definition) is 6. The zero-order chi connectivity index (χ0) is 22.3. The van der Waals surface area contributed by atoms with Crippen LogP contribution in [0.5, 0.6) is 0 Å². The molecule has 0 bridgehead atoms. The number of thiophene rings is 1. The Bertz CT molecular complexity index is 1130. The van der Waals surface area contributed by atoms with Crippen molar-refractivity contribution in [2.75, 3.05) is 12.8 Å². The first-order valence-corrected chi connectivity index (χ1v) is 11.6. The third kappa shape index (κ3) is 4.19. The molecule has 0 aliphatic heterocycles. The molecular formula is C25H30N2O3S. The third-order valence-electron chi connectivity index (χ3n) is 5.68. The zero-order valence-electron chi connectivity index (χ0n) is 18.9. The minimum Gasteiger partial charge on any atom is -0.467 e. The molecule has 0 radical (unpaired) electrons. The van der Waals surface area contributed by atoms with Gasteiger partial charge in [-0.05, 0) is 76.6 Å². The standard InChI is InChI=1S/C25H30N2O3S/c1-14-19(22(24(28)29-5)30-25(2,3)4)20(15-10-12-16(26)13-11-15)21-17-8-6-7-9-18(17)31-23(21)27-14/h10-13,22H,6-9,26H2,1-5H3/t22-/m0/s1. The fourth-order valence-corrected chi connectivity index (χ4v) is 5.69. The highest BCUT2D eigenvalue weighted by Crippen LogP contribution is 2.45. The summed E-state index contributed by atoms with van der Waals surface area (Å²) in [5, 5.41) is 1.15. The molecule has 0 amide bonds. The lowest BCUT2D eigenvalue weighted by atomic mass is 9.88. The number of nitrogens with two attached hydrogens (primary N) is 1. The topological polar surface area (TPSA) is 74.4 Å². The number of benzene rings is 1. The van der Waals surface area contributed by atoms with Gasteiger partial charge in [0.05, 0.1) is 12.7 Å². The minimum atomic E-state index is -0.867. The van der Waals surface area contributed by atoms with E-state index in [4.69, 9.17) is 20.2 Å². The van der Waals surface area contributed by atoms with Gasteiger partial charge in [-0.3, -0.25) is 0 Å². The van der Waals surface area contributed by atoms with E-state index in [2.05, 4.69) is 0 Å². The number of pyridine rings is 1. The lowest BCUT2D eigenvalue weighted by molar-refractivity contribution is -0.164. The van der Waals surface area contributed by atoms with E-state index in [-0.39, 0.29) is 0 Å². The van der Waals surface area contributed by atoms with Gasteiger partial charge < -0.3 is 15.2 Å². The molecule has 0 fully saturated rings. The molecule has 4 rings (SSSR count). The molecule has 2 N–H and O–H groups in total. The number of fused-ring (bicyclic) bond motifs is 3. The number of carbonyl (C=O) groups excluding carboxylic acids is 1. The van der Waals surface area contributed by atoms with Crippen LogP contribution in [-0.4, -0.2) is 23.7 Å². The summed E-state index contributed by atoms with van der Waals surface area (Å²) in [7, 11) is 1.40. The van der Waals surface area contributed by atoms with Crippen LogP contribution in [0.3, 0.4) is 0 Å².